The summed E-state index contributed by atoms with van der Waals surface area (Å²) in [6.45, 7) is 61.0. The normalized spacial score (nSPS) is 31.1. The molecule has 6 fully saturated rings. The van der Waals surface area contributed by atoms with E-state index in [0.29, 0.717) is 43.8 Å². The number of nitrogens with zero attached hydrogens (tertiary/aromatic N) is 4. The highest BCUT2D eigenvalue weighted by atomic mass is 15.2. The lowest BCUT2D eigenvalue weighted by molar-refractivity contribution is 0.0519. The molecule has 434 valence electrons. The summed E-state index contributed by atoms with van der Waals surface area (Å²) in [7, 11) is 4.57. The molecule has 2 heterocycles. The highest BCUT2D eigenvalue weighted by Crippen LogP contribution is 2.46. The Labute approximate surface area is 462 Å². The molecule has 6 aliphatic rings. The molecule has 2 unspecified atom stereocenters. The summed E-state index contributed by atoms with van der Waals surface area (Å²) in [5.41, 5.74) is 3.42. The Hall–Kier alpha value is -0.160. The molecule has 0 N–H and O–H groups in total. The van der Waals surface area contributed by atoms with Crippen molar-refractivity contribution in [2.24, 2.45) is 63.1 Å². The van der Waals surface area contributed by atoms with E-state index in [-0.39, 0.29) is 0 Å². The van der Waals surface area contributed by atoms with Crippen LogP contribution < -0.4 is 0 Å². The minimum absolute atomic E-state index is 0.319. The van der Waals surface area contributed by atoms with Gasteiger partial charge < -0.3 is 4.90 Å². The van der Waals surface area contributed by atoms with E-state index in [0.717, 1.165) is 59.6 Å². The molecule has 0 spiro atoms. The molecular formula is C69H138N4. The first-order valence-corrected chi connectivity index (χ1v) is 32.0. The maximum absolute atomic E-state index is 2.81. The van der Waals surface area contributed by atoms with Gasteiger partial charge in [-0.2, -0.15) is 0 Å². The summed E-state index contributed by atoms with van der Waals surface area (Å²) >= 11 is 0. The van der Waals surface area contributed by atoms with Gasteiger partial charge in [-0.25, -0.2) is 0 Å². The zero-order chi connectivity index (χ0) is 55.8. The molecule has 0 aromatic heterocycles. The number of likely N-dealkylation sites (tertiary alicyclic amines) is 2. The van der Waals surface area contributed by atoms with E-state index in [1.807, 2.05) is 0 Å². The summed E-state index contributed by atoms with van der Waals surface area (Å²) in [5.74, 6) is 6.75. The van der Waals surface area contributed by atoms with Crippen LogP contribution in [0.4, 0.5) is 0 Å². The van der Waals surface area contributed by atoms with Crippen molar-refractivity contribution >= 4 is 0 Å². The van der Waals surface area contributed by atoms with Crippen molar-refractivity contribution in [1.29, 1.82) is 0 Å². The third kappa shape index (κ3) is 23.6. The van der Waals surface area contributed by atoms with Gasteiger partial charge in [0.25, 0.3) is 0 Å². The standard InChI is InChI=1S/C19H37N.C18H35N.C17H35N.C15H31N/c1-18(2,3)14-15-9-11-16(12-10-15)17-8-7-13-20(17)19(4,5)6;1-17(2,3)15-11-9-14(10-12-15)16-8-7-13-19(16)18(4,5)6;1-16(2,3)12-14-8-10-15(11-9-14)13-18(7)17(4,5)6;1-14(2,3)12-8-10-13(11-9-12)16(7)15(4,5)6/h15-17H,7-14H2,1-6H3;14-16H,7-13H2,1-6H3;14-15H,8-13H2,1-7H3;12-13H,8-11H2,1-7H3. The van der Waals surface area contributed by atoms with Crippen LogP contribution in [0.25, 0.3) is 0 Å². The van der Waals surface area contributed by atoms with Gasteiger partial charge in [-0.1, -0.05) is 109 Å². The number of hydrogen-bond acceptors (Lipinski definition) is 4. The Morgan fingerprint density at radius 2 is 0.671 bits per heavy atom. The molecule has 2 aliphatic heterocycles. The van der Waals surface area contributed by atoms with E-state index in [4.69, 9.17) is 0 Å². The van der Waals surface area contributed by atoms with Crippen molar-refractivity contribution in [3.63, 3.8) is 0 Å². The van der Waals surface area contributed by atoms with Gasteiger partial charge in [0.05, 0.1) is 0 Å². The quantitative estimate of drug-likeness (QED) is 0.252. The van der Waals surface area contributed by atoms with Crippen LogP contribution in [0.2, 0.25) is 0 Å². The lowest BCUT2D eigenvalue weighted by Gasteiger charge is -2.44. The van der Waals surface area contributed by atoms with Crippen LogP contribution in [0, 0.1) is 63.1 Å². The minimum Gasteiger partial charge on any atom is -0.301 e. The fourth-order valence-corrected chi connectivity index (χ4v) is 15.3. The van der Waals surface area contributed by atoms with Crippen LogP contribution in [0.15, 0.2) is 0 Å². The van der Waals surface area contributed by atoms with Crippen LogP contribution in [-0.4, -0.2) is 93.6 Å². The Kier molecular flexibility index (Phi) is 25.1. The zero-order valence-electron chi connectivity index (χ0n) is 55.2. The van der Waals surface area contributed by atoms with Crippen LogP contribution in [0.3, 0.4) is 0 Å². The summed E-state index contributed by atoms with van der Waals surface area (Å²) in [6.07, 6.45) is 31.8. The van der Waals surface area contributed by atoms with E-state index >= 15 is 0 Å². The SMILES string of the molecule is CC(C)(C)C1CCC(C2CCCN2C(C)(C)C)CC1.CC(C)(C)CC1CCC(C2CCCN2C(C)(C)C)CC1.CN(C1CCC(C(C)(C)C)CC1)C(C)(C)C.CN(CC1CCC(CC(C)(C)C)CC1)C(C)(C)C. The minimum atomic E-state index is 0.319. The highest BCUT2D eigenvalue weighted by Gasteiger charge is 2.42. The molecule has 2 saturated heterocycles. The van der Waals surface area contributed by atoms with E-state index in [9.17, 15) is 0 Å². The lowest BCUT2D eigenvalue weighted by atomic mass is 9.68. The summed E-state index contributed by atoms with van der Waals surface area (Å²) < 4.78 is 0. The fourth-order valence-electron chi connectivity index (χ4n) is 15.3. The molecule has 6 rings (SSSR count). The molecule has 0 amide bonds. The Morgan fingerprint density at radius 1 is 0.356 bits per heavy atom. The van der Waals surface area contributed by atoms with Crippen molar-refractivity contribution in [2.45, 2.75) is 348 Å². The molecular weight excluding hydrogens is 885 g/mol. The molecule has 0 aromatic rings. The average Bonchev–Trinajstić information content (AvgIpc) is 3.95. The molecule has 0 aromatic carbocycles. The summed E-state index contributed by atoms with van der Waals surface area (Å²) in [5, 5.41) is 0. The molecule has 0 bridgehead atoms. The van der Waals surface area contributed by atoms with Gasteiger partial charge in [-0.15, -0.1) is 0 Å². The molecule has 4 saturated carbocycles. The van der Waals surface area contributed by atoms with E-state index in [1.54, 1.807) is 0 Å². The predicted molar refractivity (Wildman–Crippen MR) is 328 cm³/mol. The predicted octanol–water partition coefficient (Wildman–Crippen LogP) is 19.9. The van der Waals surface area contributed by atoms with Crippen LogP contribution in [0.5, 0.6) is 0 Å². The van der Waals surface area contributed by atoms with Gasteiger partial charge >= 0.3 is 0 Å². The molecule has 0 radical (unpaired) electrons. The second-order valence-electron chi connectivity index (χ2n) is 35.0. The molecule has 73 heavy (non-hydrogen) atoms. The van der Waals surface area contributed by atoms with Crippen molar-refractivity contribution in [3.8, 4) is 0 Å². The number of hydrogen-bond donors (Lipinski definition) is 0. The third-order valence-corrected chi connectivity index (χ3v) is 20.3. The maximum atomic E-state index is 2.81. The van der Waals surface area contributed by atoms with Gasteiger partial charge in [0, 0.05) is 46.8 Å². The molecule has 4 aliphatic carbocycles. The first-order valence-electron chi connectivity index (χ1n) is 32.0. The Balaban J connectivity index is 0.000000258. The summed E-state index contributed by atoms with van der Waals surface area (Å²) in [6, 6.07) is 2.56. The van der Waals surface area contributed by atoms with Gasteiger partial charge in [0.1, 0.15) is 0 Å². The van der Waals surface area contributed by atoms with E-state index in [1.165, 1.54) is 161 Å². The van der Waals surface area contributed by atoms with Gasteiger partial charge in [-0.3, -0.25) is 14.7 Å². The van der Waals surface area contributed by atoms with Gasteiger partial charge in [0.2, 0.25) is 0 Å². The van der Waals surface area contributed by atoms with Crippen molar-refractivity contribution < 1.29 is 0 Å². The van der Waals surface area contributed by atoms with Gasteiger partial charge in [0.15, 0.2) is 0 Å². The first-order chi connectivity index (χ1) is 33.1. The van der Waals surface area contributed by atoms with Gasteiger partial charge in [-0.05, 0) is 289 Å². The lowest BCUT2D eigenvalue weighted by Crippen LogP contribution is -2.48. The van der Waals surface area contributed by atoms with Crippen LogP contribution in [0.1, 0.15) is 307 Å². The fraction of sp³-hybridized carbons (Fsp3) is 1.00. The molecule has 2 atom stereocenters. The van der Waals surface area contributed by atoms with Crippen molar-refractivity contribution in [1.82, 2.24) is 19.6 Å². The smallest absolute Gasteiger partial charge is 0.0129 e. The molecule has 4 nitrogen and oxygen atoms in total. The zero-order valence-corrected chi connectivity index (χ0v) is 55.2. The van der Waals surface area contributed by atoms with Crippen molar-refractivity contribution in [3.05, 3.63) is 0 Å². The second kappa shape index (κ2) is 27.3. The molecule has 4 heteroatoms. The maximum Gasteiger partial charge on any atom is 0.0129 e. The third-order valence-electron chi connectivity index (χ3n) is 20.3. The van der Waals surface area contributed by atoms with E-state index < -0.39 is 0 Å². The van der Waals surface area contributed by atoms with Crippen LogP contribution >= 0.6 is 0 Å². The van der Waals surface area contributed by atoms with E-state index in [2.05, 4.69) is 200 Å². The topological polar surface area (TPSA) is 13.0 Å². The average molecular weight is 1020 g/mol. The Bertz CT molecular complexity index is 1490. The second-order valence-corrected chi connectivity index (χ2v) is 35.0. The Morgan fingerprint density at radius 3 is 0.973 bits per heavy atom. The highest BCUT2D eigenvalue weighted by molar-refractivity contribution is 4.96. The first kappa shape index (κ1) is 67.1. The van der Waals surface area contributed by atoms with Crippen LogP contribution in [-0.2, 0) is 0 Å². The van der Waals surface area contributed by atoms with Crippen molar-refractivity contribution in [2.75, 3.05) is 33.7 Å². The monoisotopic (exact) mass is 1020 g/mol. The summed E-state index contributed by atoms with van der Waals surface area (Å²) in [4.78, 5) is 10.7. The number of rotatable bonds is 7. The largest absolute Gasteiger partial charge is 0.301 e.